The van der Waals surface area contributed by atoms with Gasteiger partial charge in [0, 0.05) is 12.7 Å². The lowest BCUT2D eigenvalue weighted by Gasteiger charge is -2.07. The molecule has 1 aliphatic carbocycles. The molecule has 1 aliphatic heterocycles. The van der Waals surface area contributed by atoms with E-state index in [-0.39, 0.29) is 0 Å². The molecule has 3 heteroatoms. The van der Waals surface area contributed by atoms with Crippen LogP contribution in [0.25, 0.3) is 0 Å². The van der Waals surface area contributed by atoms with Crippen molar-refractivity contribution in [1.29, 1.82) is 0 Å². The van der Waals surface area contributed by atoms with Crippen LogP contribution in [-0.2, 0) is 6.54 Å². The quantitative estimate of drug-likeness (QED) is 0.782. The molecule has 3 rings (SSSR count). The Morgan fingerprint density at radius 3 is 3.07 bits per heavy atom. The molecule has 1 saturated carbocycles. The zero-order chi connectivity index (χ0) is 9.38. The second-order valence-corrected chi connectivity index (χ2v) is 4.63. The van der Waals surface area contributed by atoms with Crippen molar-refractivity contribution in [3.8, 4) is 0 Å². The van der Waals surface area contributed by atoms with Crippen molar-refractivity contribution in [3.63, 3.8) is 0 Å². The van der Waals surface area contributed by atoms with E-state index in [2.05, 4.69) is 27.5 Å². The van der Waals surface area contributed by atoms with E-state index in [0.717, 1.165) is 18.4 Å². The van der Waals surface area contributed by atoms with Gasteiger partial charge in [-0.15, -0.1) is 0 Å². The highest BCUT2D eigenvalue weighted by Gasteiger charge is 2.25. The van der Waals surface area contributed by atoms with Gasteiger partial charge in [0.25, 0.3) is 0 Å². The highest BCUT2D eigenvalue weighted by Crippen LogP contribution is 2.39. The van der Waals surface area contributed by atoms with Gasteiger partial charge in [0.1, 0.15) is 0 Å². The average molecular weight is 191 g/mol. The molecule has 1 aromatic rings. The van der Waals surface area contributed by atoms with Crippen LogP contribution in [-0.4, -0.2) is 22.9 Å². The fraction of sp³-hybridized carbons (Fsp3) is 0.727. The molecule has 3 nitrogen and oxygen atoms in total. The lowest BCUT2D eigenvalue weighted by Crippen LogP contribution is -2.14. The highest BCUT2D eigenvalue weighted by atomic mass is 15.3. The minimum Gasteiger partial charge on any atom is -0.316 e. The van der Waals surface area contributed by atoms with Crippen LogP contribution < -0.4 is 5.32 Å². The molecule has 1 atom stereocenters. The molecular formula is C11H17N3. The number of aromatic nitrogens is 2. The smallest absolute Gasteiger partial charge is 0.0524 e. The average Bonchev–Trinajstić information content (AvgIpc) is 2.75. The zero-order valence-corrected chi connectivity index (χ0v) is 8.45. The summed E-state index contributed by atoms with van der Waals surface area (Å²) in [6.07, 6.45) is 8.35. The molecule has 14 heavy (non-hydrogen) atoms. The van der Waals surface area contributed by atoms with Gasteiger partial charge in [0.15, 0.2) is 0 Å². The minimum absolute atomic E-state index is 0.793. The summed E-state index contributed by atoms with van der Waals surface area (Å²) in [7, 11) is 0. The maximum Gasteiger partial charge on any atom is 0.0524 e. The molecule has 0 bridgehead atoms. The Hall–Kier alpha value is -0.830. The molecule has 0 aromatic carbocycles. The Labute approximate surface area is 84.5 Å². The number of nitrogens with one attached hydrogen (secondary N) is 1. The van der Waals surface area contributed by atoms with E-state index in [0.29, 0.717) is 0 Å². The van der Waals surface area contributed by atoms with Crippen molar-refractivity contribution in [2.24, 2.45) is 5.92 Å². The van der Waals surface area contributed by atoms with Gasteiger partial charge in [-0.1, -0.05) is 0 Å². The first-order chi connectivity index (χ1) is 6.92. The SMILES string of the molecule is c1nn(CC2CCNC2)cc1C1CC1. The van der Waals surface area contributed by atoms with E-state index < -0.39 is 0 Å². The van der Waals surface area contributed by atoms with Crippen molar-refractivity contribution < 1.29 is 0 Å². The summed E-state index contributed by atoms with van der Waals surface area (Å²) < 4.78 is 2.13. The van der Waals surface area contributed by atoms with Crippen molar-refractivity contribution >= 4 is 0 Å². The third-order valence-corrected chi connectivity index (χ3v) is 3.31. The molecular weight excluding hydrogens is 174 g/mol. The van der Waals surface area contributed by atoms with Crippen LogP contribution in [0.5, 0.6) is 0 Å². The summed E-state index contributed by atoms with van der Waals surface area (Å²) in [6.45, 7) is 3.44. The van der Waals surface area contributed by atoms with Crippen LogP contribution in [0.3, 0.4) is 0 Å². The molecule has 1 unspecified atom stereocenters. The van der Waals surface area contributed by atoms with Crippen LogP contribution in [0.15, 0.2) is 12.4 Å². The summed E-state index contributed by atoms with van der Waals surface area (Å²) in [6, 6.07) is 0. The lowest BCUT2D eigenvalue weighted by atomic mass is 10.1. The predicted octanol–water partition coefficient (Wildman–Crippen LogP) is 1.37. The second-order valence-electron chi connectivity index (χ2n) is 4.63. The molecule has 0 radical (unpaired) electrons. The van der Waals surface area contributed by atoms with Crippen molar-refractivity contribution in [2.75, 3.05) is 13.1 Å². The molecule has 0 amide bonds. The molecule has 0 spiro atoms. The predicted molar refractivity (Wildman–Crippen MR) is 55.2 cm³/mol. The number of nitrogens with zero attached hydrogens (tertiary/aromatic N) is 2. The van der Waals surface area contributed by atoms with E-state index >= 15 is 0 Å². The van der Waals surface area contributed by atoms with Gasteiger partial charge in [-0.05, 0) is 49.8 Å². The maximum atomic E-state index is 4.43. The largest absolute Gasteiger partial charge is 0.316 e. The van der Waals surface area contributed by atoms with Gasteiger partial charge >= 0.3 is 0 Å². The third-order valence-electron chi connectivity index (χ3n) is 3.31. The van der Waals surface area contributed by atoms with E-state index in [1.165, 1.54) is 37.9 Å². The van der Waals surface area contributed by atoms with Crippen LogP contribution in [0.2, 0.25) is 0 Å². The highest BCUT2D eigenvalue weighted by molar-refractivity contribution is 5.16. The molecule has 76 valence electrons. The summed E-state index contributed by atoms with van der Waals surface area (Å²) in [5, 5.41) is 7.82. The Morgan fingerprint density at radius 2 is 2.36 bits per heavy atom. The monoisotopic (exact) mass is 191 g/mol. The van der Waals surface area contributed by atoms with E-state index in [1.807, 2.05) is 0 Å². The summed E-state index contributed by atoms with van der Waals surface area (Å²) in [5.74, 6) is 1.63. The number of hydrogen-bond acceptors (Lipinski definition) is 2. The zero-order valence-electron chi connectivity index (χ0n) is 8.45. The van der Waals surface area contributed by atoms with E-state index in [1.54, 1.807) is 0 Å². The van der Waals surface area contributed by atoms with Crippen molar-refractivity contribution in [3.05, 3.63) is 18.0 Å². The van der Waals surface area contributed by atoms with Crippen LogP contribution in [0.4, 0.5) is 0 Å². The molecule has 2 heterocycles. The van der Waals surface area contributed by atoms with Gasteiger partial charge in [-0.3, -0.25) is 4.68 Å². The molecule has 2 fully saturated rings. The lowest BCUT2D eigenvalue weighted by molar-refractivity contribution is 0.449. The first-order valence-corrected chi connectivity index (χ1v) is 5.65. The first kappa shape index (κ1) is 8.48. The number of rotatable bonds is 3. The Morgan fingerprint density at radius 1 is 1.43 bits per heavy atom. The maximum absolute atomic E-state index is 4.43. The van der Waals surface area contributed by atoms with Crippen LogP contribution >= 0.6 is 0 Å². The van der Waals surface area contributed by atoms with Gasteiger partial charge in [0.05, 0.1) is 6.20 Å². The van der Waals surface area contributed by atoms with Crippen LogP contribution in [0.1, 0.15) is 30.7 Å². The Kier molecular flexibility index (Phi) is 2.05. The number of hydrogen-bond donors (Lipinski definition) is 1. The fourth-order valence-corrected chi connectivity index (χ4v) is 2.24. The Balaban J connectivity index is 1.64. The van der Waals surface area contributed by atoms with E-state index in [9.17, 15) is 0 Å². The molecule has 1 N–H and O–H groups in total. The van der Waals surface area contributed by atoms with Gasteiger partial charge in [-0.2, -0.15) is 5.10 Å². The van der Waals surface area contributed by atoms with E-state index in [4.69, 9.17) is 0 Å². The molecule has 1 saturated heterocycles. The second kappa shape index (κ2) is 3.39. The topological polar surface area (TPSA) is 29.9 Å². The van der Waals surface area contributed by atoms with Gasteiger partial charge in [-0.25, -0.2) is 0 Å². The van der Waals surface area contributed by atoms with Gasteiger partial charge in [0.2, 0.25) is 0 Å². The normalized spacial score (nSPS) is 27.0. The third kappa shape index (κ3) is 1.69. The molecule has 1 aromatic heterocycles. The summed E-state index contributed by atoms with van der Waals surface area (Å²) in [5.41, 5.74) is 1.45. The van der Waals surface area contributed by atoms with Gasteiger partial charge < -0.3 is 5.32 Å². The minimum atomic E-state index is 0.793. The summed E-state index contributed by atoms with van der Waals surface area (Å²) >= 11 is 0. The van der Waals surface area contributed by atoms with Crippen molar-refractivity contribution in [2.45, 2.75) is 31.7 Å². The van der Waals surface area contributed by atoms with Crippen molar-refractivity contribution in [1.82, 2.24) is 15.1 Å². The fourth-order valence-electron chi connectivity index (χ4n) is 2.24. The Bertz CT molecular complexity index is 308. The molecule has 2 aliphatic rings. The first-order valence-electron chi connectivity index (χ1n) is 5.65. The standard InChI is InChI=1S/C11H17N3/c1-2-10(1)11-6-13-14(8-11)7-9-3-4-12-5-9/h6,8-10,12H,1-5,7H2. The summed E-state index contributed by atoms with van der Waals surface area (Å²) in [4.78, 5) is 0. The van der Waals surface area contributed by atoms with Crippen LogP contribution in [0, 0.1) is 5.92 Å².